The maximum Gasteiger partial charge on any atom is 0.290 e. The average Bonchev–Trinajstić information content (AvgIpc) is 3.05. The second-order valence-corrected chi connectivity index (χ2v) is 5.23. The van der Waals surface area contributed by atoms with Crippen molar-refractivity contribution in [1.29, 1.82) is 0 Å². The molecule has 2 heterocycles. The van der Waals surface area contributed by atoms with Gasteiger partial charge in [-0.3, -0.25) is 4.79 Å². The van der Waals surface area contributed by atoms with Gasteiger partial charge in [0.25, 0.3) is 5.91 Å². The molecular formula is C14H14N2O3S. The number of nitrogens with zero attached hydrogens (tertiary/aromatic N) is 1. The van der Waals surface area contributed by atoms with Crippen LogP contribution in [-0.4, -0.2) is 22.8 Å². The molecule has 0 saturated carbocycles. The van der Waals surface area contributed by atoms with Crippen molar-refractivity contribution in [2.75, 3.05) is 6.61 Å². The molecule has 0 atom stereocenters. The molecule has 0 unspecified atom stereocenters. The largest absolute Gasteiger partial charge is 0.395 e. The molecule has 2 rings (SSSR count). The van der Waals surface area contributed by atoms with Gasteiger partial charge in [0.2, 0.25) is 5.76 Å². The SMILES string of the molecule is Cc1cnoc1C(=O)NCc1ccc(C#CCCO)s1. The fraction of sp³-hybridized carbons (Fsp3) is 0.286. The lowest BCUT2D eigenvalue weighted by atomic mass is 10.3. The lowest BCUT2D eigenvalue weighted by Gasteiger charge is -2.00. The van der Waals surface area contributed by atoms with Crippen LogP contribution in [0.5, 0.6) is 0 Å². The first-order valence-electron chi connectivity index (χ1n) is 6.08. The minimum absolute atomic E-state index is 0.0673. The standard InChI is InChI=1S/C14H14N2O3S/c1-10-8-16-19-13(10)14(18)15-9-12-6-5-11(20-12)4-2-3-7-17/h5-6,8,17H,3,7,9H2,1H3,(H,15,18). The average molecular weight is 290 g/mol. The molecule has 2 aromatic heterocycles. The maximum absolute atomic E-state index is 11.8. The summed E-state index contributed by atoms with van der Waals surface area (Å²) in [5, 5.41) is 15.0. The summed E-state index contributed by atoms with van der Waals surface area (Å²) in [5.74, 6) is 5.78. The zero-order chi connectivity index (χ0) is 14.4. The molecule has 2 N–H and O–H groups in total. The first-order chi connectivity index (χ1) is 9.70. The molecule has 1 amide bonds. The van der Waals surface area contributed by atoms with E-state index in [0.29, 0.717) is 18.5 Å². The second kappa shape index (κ2) is 6.89. The van der Waals surface area contributed by atoms with Gasteiger partial charge in [-0.15, -0.1) is 11.3 Å². The number of aliphatic hydroxyl groups excluding tert-OH is 1. The zero-order valence-corrected chi connectivity index (χ0v) is 11.8. The summed E-state index contributed by atoms with van der Waals surface area (Å²) in [6, 6.07) is 3.82. The van der Waals surface area contributed by atoms with Crippen LogP contribution in [0.2, 0.25) is 0 Å². The molecule has 20 heavy (non-hydrogen) atoms. The highest BCUT2D eigenvalue weighted by Crippen LogP contribution is 2.15. The Morgan fingerprint density at radius 3 is 3.10 bits per heavy atom. The van der Waals surface area contributed by atoms with E-state index in [0.717, 1.165) is 9.75 Å². The Hall–Kier alpha value is -2.10. The van der Waals surface area contributed by atoms with Crippen LogP contribution in [0, 0.1) is 18.8 Å². The van der Waals surface area contributed by atoms with Crippen LogP contribution in [0.15, 0.2) is 22.9 Å². The Morgan fingerprint density at radius 1 is 1.55 bits per heavy atom. The van der Waals surface area contributed by atoms with E-state index in [4.69, 9.17) is 9.63 Å². The fourth-order valence-electron chi connectivity index (χ4n) is 1.50. The molecule has 0 aliphatic carbocycles. The molecule has 0 aromatic carbocycles. The molecule has 2 aromatic rings. The highest BCUT2D eigenvalue weighted by Gasteiger charge is 2.13. The summed E-state index contributed by atoms with van der Waals surface area (Å²) in [7, 11) is 0. The molecular weight excluding hydrogens is 276 g/mol. The lowest BCUT2D eigenvalue weighted by Crippen LogP contribution is -2.22. The lowest BCUT2D eigenvalue weighted by molar-refractivity contribution is 0.0913. The van der Waals surface area contributed by atoms with Crippen molar-refractivity contribution in [2.45, 2.75) is 19.9 Å². The van der Waals surface area contributed by atoms with E-state index in [-0.39, 0.29) is 18.3 Å². The number of carbonyl (C=O) groups is 1. The van der Waals surface area contributed by atoms with Gasteiger partial charge in [0, 0.05) is 16.9 Å². The number of thiophene rings is 1. The highest BCUT2D eigenvalue weighted by molar-refractivity contribution is 7.12. The van der Waals surface area contributed by atoms with E-state index in [9.17, 15) is 4.79 Å². The van der Waals surface area contributed by atoms with Crippen LogP contribution in [-0.2, 0) is 6.54 Å². The minimum atomic E-state index is -0.277. The summed E-state index contributed by atoms with van der Waals surface area (Å²) < 4.78 is 4.88. The predicted molar refractivity (Wildman–Crippen MR) is 75.3 cm³/mol. The number of nitrogens with one attached hydrogen (secondary N) is 1. The fourth-order valence-corrected chi connectivity index (χ4v) is 2.32. The van der Waals surface area contributed by atoms with Crippen LogP contribution in [0.1, 0.15) is 32.3 Å². The van der Waals surface area contributed by atoms with Crippen molar-refractivity contribution in [3.8, 4) is 11.8 Å². The van der Waals surface area contributed by atoms with Gasteiger partial charge in [-0.1, -0.05) is 17.0 Å². The van der Waals surface area contributed by atoms with E-state index < -0.39 is 0 Å². The predicted octanol–water partition coefficient (Wildman–Crippen LogP) is 1.71. The molecule has 0 spiro atoms. The summed E-state index contributed by atoms with van der Waals surface area (Å²) in [6.45, 7) is 2.26. The minimum Gasteiger partial charge on any atom is -0.395 e. The van der Waals surface area contributed by atoms with Crippen molar-refractivity contribution < 1.29 is 14.4 Å². The number of carbonyl (C=O) groups excluding carboxylic acids is 1. The number of aryl methyl sites for hydroxylation is 1. The van der Waals surface area contributed by atoms with Crippen LogP contribution >= 0.6 is 11.3 Å². The van der Waals surface area contributed by atoms with Crippen LogP contribution in [0.3, 0.4) is 0 Å². The van der Waals surface area contributed by atoms with Gasteiger partial charge in [-0.25, -0.2) is 0 Å². The van der Waals surface area contributed by atoms with Gasteiger partial charge < -0.3 is 14.9 Å². The zero-order valence-electron chi connectivity index (χ0n) is 11.0. The molecule has 0 fully saturated rings. The monoisotopic (exact) mass is 290 g/mol. The molecule has 0 bridgehead atoms. The molecule has 0 aliphatic rings. The number of aliphatic hydroxyl groups is 1. The van der Waals surface area contributed by atoms with E-state index in [1.807, 2.05) is 12.1 Å². The maximum atomic E-state index is 11.8. The van der Waals surface area contributed by atoms with Crippen molar-refractivity contribution in [1.82, 2.24) is 10.5 Å². The summed E-state index contributed by atoms with van der Waals surface area (Å²) in [4.78, 5) is 13.7. The van der Waals surface area contributed by atoms with Gasteiger partial charge in [0.05, 0.1) is 24.2 Å². The van der Waals surface area contributed by atoms with Crippen molar-refractivity contribution in [2.24, 2.45) is 0 Å². The number of aromatic nitrogens is 1. The number of rotatable bonds is 4. The third-order valence-electron chi connectivity index (χ3n) is 2.49. The van der Waals surface area contributed by atoms with E-state index in [1.165, 1.54) is 17.5 Å². The van der Waals surface area contributed by atoms with Gasteiger partial charge in [-0.2, -0.15) is 0 Å². The Morgan fingerprint density at radius 2 is 2.40 bits per heavy atom. The van der Waals surface area contributed by atoms with Crippen molar-refractivity contribution in [3.63, 3.8) is 0 Å². The summed E-state index contributed by atoms with van der Waals surface area (Å²) >= 11 is 1.51. The summed E-state index contributed by atoms with van der Waals surface area (Å²) in [6.07, 6.45) is 1.98. The van der Waals surface area contributed by atoms with Gasteiger partial charge in [0.15, 0.2) is 0 Å². The normalized spacial score (nSPS) is 9.90. The van der Waals surface area contributed by atoms with E-state index in [1.54, 1.807) is 6.92 Å². The first-order valence-corrected chi connectivity index (χ1v) is 6.90. The van der Waals surface area contributed by atoms with E-state index >= 15 is 0 Å². The quantitative estimate of drug-likeness (QED) is 0.841. The molecule has 6 heteroatoms. The third kappa shape index (κ3) is 3.70. The third-order valence-corrected chi connectivity index (χ3v) is 3.49. The highest BCUT2D eigenvalue weighted by atomic mass is 32.1. The van der Waals surface area contributed by atoms with Crippen LogP contribution in [0.25, 0.3) is 0 Å². The molecule has 5 nitrogen and oxygen atoms in total. The number of hydrogen-bond donors (Lipinski definition) is 2. The molecule has 0 aliphatic heterocycles. The molecule has 0 saturated heterocycles. The molecule has 104 valence electrons. The summed E-state index contributed by atoms with van der Waals surface area (Å²) in [5.41, 5.74) is 0.712. The smallest absolute Gasteiger partial charge is 0.290 e. The first kappa shape index (κ1) is 14.3. The topological polar surface area (TPSA) is 75.4 Å². The van der Waals surface area contributed by atoms with Crippen molar-refractivity contribution in [3.05, 3.63) is 39.4 Å². The van der Waals surface area contributed by atoms with Crippen molar-refractivity contribution >= 4 is 17.2 Å². The number of hydrogen-bond acceptors (Lipinski definition) is 5. The molecule has 0 radical (unpaired) electrons. The van der Waals surface area contributed by atoms with Gasteiger partial charge >= 0.3 is 0 Å². The Balaban J connectivity index is 1.90. The Bertz CT molecular complexity index is 649. The van der Waals surface area contributed by atoms with Crippen LogP contribution in [0.4, 0.5) is 0 Å². The second-order valence-electron chi connectivity index (χ2n) is 4.06. The Kier molecular flexibility index (Phi) is 4.93. The van der Waals surface area contributed by atoms with E-state index in [2.05, 4.69) is 22.3 Å². The Labute approximate surface area is 120 Å². The van der Waals surface area contributed by atoms with Gasteiger partial charge in [-0.05, 0) is 19.1 Å². The number of amides is 1. The van der Waals surface area contributed by atoms with Gasteiger partial charge in [0.1, 0.15) is 0 Å². The van der Waals surface area contributed by atoms with Crippen LogP contribution < -0.4 is 5.32 Å².